The first-order valence-electron chi connectivity index (χ1n) is 14.2. The molecule has 0 saturated heterocycles. The molecule has 5 rings (SSSR count). The zero-order valence-corrected chi connectivity index (χ0v) is 26.7. The van der Waals surface area contributed by atoms with Crippen molar-refractivity contribution >= 4 is 52.6 Å². The molecule has 2 aromatic carbocycles. The highest BCUT2D eigenvalue weighted by Crippen LogP contribution is 2.36. The van der Waals surface area contributed by atoms with Gasteiger partial charge in [0.2, 0.25) is 5.91 Å². The second-order valence-corrected chi connectivity index (χ2v) is 11.9. The van der Waals surface area contributed by atoms with E-state index in [4.69, 9.17) is 21.3 Å². The number of rotatable bonds is 5. The number of nitrogens with zero attached hydrogens (tertiary/aromatic N) is 3. The molecule has 0 fully saturated rings. The van der Waals surface area contributed by atoms with E-state index in [-0.39, 0.29) is 28.2 Å². The largest absolute Gasteiger partial charge is 0.453 e. The first-order chi connectivity index (χ1) is 21.6. The van der Waals surface area contributed by atoms with Crippen LogP contribution in [0.15, 0.2) is 59.9 Å². The summed E-state index contributed by atoms with van der Waals surface area (Å²) in [5.41, 5.74) is 3.88. The van der Waals surface area contributed by atoms with Crippen molar-refractivity contribution in [2.75, 3.05) is 24.0 Å². The molecule has 0 spiro atoms. The summed E-state index contributed by atoms with van der Waals surface area (Å²) in [7, 11) is 1.27. The highest BCUT2D eigenvalue weighted by Gasteiger charge is 2.25. The number of hydrogen-bond donors (Lipinski definition) is 3. The van der Waals surface area contributed by atoms with Gasteiger partial charge in [0.15, 0.2) is 5.82 Å². The topological polar surface area (TPSA) is 127 Å². The van der Waals surface area contributed by atoms with Crippen LogP contribution < -0.4 is 16.0 Å². The molecule has 1 aliphatic rings. The molecule has 0 aliphatic carbocycles. The van der Waals surface area contributed by atoms with E-state index in [1.165, 1.54) is 35.8 Å². The number of amides is 3. The van der Waals surface area contributed by atoms with Gasteiger partial charge in [-0.1, -0.05) is 37.1 Å². The molecular formula is C32H32ClFN6O4S. The van der Waals surface area contributed by atoms with Crippen LogP contribution in [-0.2, 0) is 9.53 Å². The van der Waals surface area contributed by atoms with Gasteiger partial charge in [-0.3, -0.25) is 19.5 Å². The third-order valence-electron chi connectivity index (χ3n) is 7.70. The molecule has 2 atom stereocenters. The number of carbonyl (C=O) groups excluding carboxylic acids is 3. The van der Waals surface area contributed by atoms with Crippen LogP contribution in [-0.4, -0.2) is 45.8 Å². The van der Waals surface area contributed by atoms with Gasteiger partial charge in [-0.2, -0.15) is 0 Å². The molecule has 3 N–H and O–H groups in total. The Bertz CT molecular complexity index is 1780. The molecule has 13 heteroatoms. The van der Waals surface area contributed by atoms with Gasteiger partial charge in [-0.05, 0) is 68.0 Å². The molecule has 0 radical (unpaired) electrons. The lowest BCUT2D eigenvalue weighted by Crippen LogP contribution is -2.30. The molecule has 1 aliphatic heterocycles. The van der Waals surface area contributed by atoms with Crippen LogP contribution in [0.5, 0.6) is 0 Å². The standard InChI is InChI=1S/C32H32ClFN6O4S/c1-17-7-5-9-23(38-31(42)29-18(2)40(16-35-29)26-10-6-8-22(33)28(26)34)25-13-19(14-27(37-25)45-4)21-12-11-20(36-32(43)44-3)15-24(21)39-30(17)41/h6,8,10-17,23H,5,7,9H2,1-4H3,(H,36,43)(H,38,42)(H,39,41). The quantitative estimate of drug-likeness (QED) is 0.196. The van der Waals surface area contributed by atoms with E-state index in [0.717, 1.165) is 10.6 Å². The van der Waals surface area contributed by atoms with Gasteiger partial charge in [0, 0.05) is 17.2 Å². The average Bonchev–Trinajstić information content (AvgIpc) is 3.41. The fourth-order valence-corrected chi connectivity index (χ4v) is 5.81. The molecule has 2 bridgehead atoms. The molecule has 2 unspecified atom stereocenters. The van der Waals surface area contributed by atoms with E-state index in [9.17, 15) is 18.8 Å². The van der Waals surface area contributed by atoms with Crippen molar-refractivity contribution in [1.82, 2.24) is 19.9 Å². The lowest BCUT2D eigenvalue weighted by molar-refractivity contribution is -0.119. The third-order valence-corrected chi connectivity index (χ3v) is 8.62. The summed E-state index contributed by atoms with van der Waals surface area (Å²) >= 11 is 7.44. The molecule has 2 aromatic heterocycles. The van der Waals surface area contributed by atoms with Crippen molar-refractivity contribution in [1.29, 1.82) is 0 Å². The smallest absolute Gasteiger partial charge is 0.411 e. The number of carbonyl (C=O) groups is 3. The Morgan fingerprint density at radius 2 is 1.98 bits per heavy atom. The molecule has 10 nitrogen and oxygen atoms in total. The highest BCUT2D eigenvalue weighted by atomic mass is 35.5. The Labute approximate surface area is 269 Å². The molecule has 4 aromatic rings. The summed E-state index contributed by atoms with van der Waals surface area (Å²) in [6, 6.07) is 13.1. The minimum absolute atomic E-state index is 0.0317. The summed E-state index contributed by atoms with van der Waals surface area (Å²) in [5.74, 6) is -1.54. The summed E-state index contributed by atoms with van der Waals surface area (Å²) in [4.78, 5) is 47.9. The van der Waals surface area contributed by atoms with Crippen LogP contribution in [0.3, 0.4) is 0 Å². The second kappa shape index (κ2) is 13.7. The average molecular weight is 651 g/mol. The number of nitrogens with one attached hydrogen (secondary N) is 3. The van der Waals surface area contributed by atoms with E-state index >= 15 is 0 Å². The van der Waals surface area contributed by atoms with E-state index < -0.39 is 23.9 Å². The van der Waals surface area contributed by atoms with Gasteiger partial charge in [0.05, 0.1) is 46.0 Å². The van der Waals surface area contributed by atoms with Crippen molar-refractivity contribution < 1.29 is 23.5 Å². The fourth-order valence-electron chi connectivity index (χ4n) is 5.20. The number of thioether (sulfide) groups is 1. The summed E-state index contributed by atoms with van der Waals surface area (Å²) in [6.07, 6.45) is 4.37. The number of ether oxygens (including phenoxy) is 1. The zero-order chi connectivity index (χ0) is 32.2. The summed E-state index contributed by atoms with van der Waals surface area (Å²) < 4.78 is 21.0. The maximum absolute atomic E-state index is 14.8. The number of methoxy groups -OCH3 is 1. The fraction of sp³-hybridized carbons (Fsp3) is 0.281. The maximum Gasteiger partial charge on any atom is 0.411 e. The molecule has 3 amide bonds. The number of pyridine rings is 1. The van der Waals surface area contributed by atoms with Crippen LogP contribution in [0.4, 0.5) is 20.6 Å². The Morgan fingerprint density at radius 1 is 1.18 bits per heavy atom. The molecule has 0 saturated carbocycles. The van der Waals surface area contributed by atoms with Gasteiger partial charge < -0.3 is 15.4 Å². The first-order valence-corrected chi connectivity index (χ1v) is 15.8. The molecule has 45 heavy (non-hydrogen) atoms. The van der Waals surface area contributed by atoms with E-state index in [2.05, 4.69) is 20.9 Å². The molecular weight excluding hydrogens is 619 g/mol. The Balaban J connectivity index is 1.53. The van der Waals surface area contributed by atoms with Gasteiger partial charge in [-0.25, -0.2) is 19.2 Å². The number of anilines is 2. The third kappa shape index (κ3) is 6.97. The van der Waals surface area contributed by atoms with Gasteiger partial charge >= 0.3 is 6.09 Å². The second-order valence-electron chi connectivity index (χ2n) is 10.7. The predicted octanol–water partition coefficient (Wildman–Crippen LogP) is 7.17. The summed E-state index contributed by atoms with van der Waals surface area (Å²) in [6.45, 7) is 3.54. The summed E-state index contributed by atoms with van der Waals surface area (Å²) in [5, 5.41) is 9.45. The van der Waals surface area contributed by atoms with Crippen LogP contribution in [0, 0.1) is 18.7 Å². The Morgan fingerprint density at radius 3 is 2.73 bits per heavy atom. The number of benzene rings is 2. The molecule has 3 heterocycles. The van der Waals surface area contributed by atoms with Gasteiger partial charge in [-0.15, -0.1) is 11.8 Å². The number of halogens is 2. The normalized spacial score (nSPS) is 16.4. The number of aromatic nitrogens is 3. The first kappa shape index (κ1) is 32.0. The van der Waals surface area contributed by atoms with Crippen molar-refractivity contribution in [2.45, 2.75) is 44.2 Å². The highest BCUT2D eigenvalue weighted by molar-refractivity contribution is 7.98. The van der Waals surface area contributed by atoms with Crippen molar-refractivity contribution in [3.05, 3.63) is 82.8 Å². The SMILES string of the molecule is COC(=O)Nc1ccc2c(c1)NC(=O)C(C)CCCC(NC(=O)c1ncn(-c3cccc(Cl)c3F)c1C)c1cc-2cc(SC)n1. The minimum atomic E-state index is -0.630. The maximum atomic E-state index is 14.8. The monoisotopic (exact) mass is 650 g/mol. The lowest BCUT2D eigenvalue weighted by atomic mass is 9.95. The van der Waals surface area contributed by atoms with Gasteiger partial charge in [0.25, 0.3) is 5.91 Å². The predicted molar refractivity (Wildman–Crippen MR) is 173 cm³/mol. The lowest BCUT2D eigenvalue weighted by Gasteiger charge is -2.23. The van der Waals surface area contributed by atoms with Crippen molar-refractivity contribution in [2.24, 2.45) is 5.92 Å². The number of hydrogen-bond acceptors (Lipinski definition) is 7. The number of fused-ring (bicyclic) bond motifs is 4. The van der Waals surface area contributed by atoms with Gasteiger partial charge in [0.1, 0.15) is 12.0 Å². The Kier molecular flexibility index (Phi) is 9.74. The zero-order valence-electron chi connectivity index (χ0n) is 25.1. The van der Waals surface area contributed by atoms with E-state index in [1.54, 1.807) is 37.3 Å². The van der Waals surface area contributed by atoms with E-state index in [0.29, 0.717) is 47.6 Å². The van der Waals surface area contributed by atoms with Crippen molar-refractivity contribution in [3.8, 4) is 16.8 Å². The molecule has 234 valence electrons. The van der Waals surface area contributed by atoms with Crippen molar-refractivity contribution in [3.63, 3.8) is 0 Å². The van der Waals surface area contributed by atoms with Crippen LogP contribution in [0.1, 0.15) is 54.1 Å². The Hall–Kier alpha value is -4.42. The minimum Gasteiger partial charge on any atom is -0.453 e. The number of imidazole rings is 1. The van der Waals surface area contributed by atoms with Crippen LogP contribution >= 0.6 is 23.4 Å². The van der Waals surface area contributed by atoms with Crippen LogP contribution in [0.25, 0.3) is 16.8 Å². The van der Waals surface area contributed by atoms with E-state index in [1.807, 2.05) is 25.3 Å². The van der Waals surface area contributed by atoms with Crippen LogP contribution in [0.2, 0.25) is 5.02 Å².